The molecule has 1 aromatic rings. The number of rotatable bonds is 5. The van der Waals surface area contributed by atoms with Crippen molar-refractivity contribution in [3.8, 4) is 5.75 Å². The molecule has 0 radical (unpaired) electrons. The van der Waals surface area contributed by atoms with E-state index in [1.165, 1.54) is 18.9 Å². The van der Waals surface area contributed by atoms with Gasteiger partial charge in [0.05, 0.1) is 7.11 Å². The van der Waals surface area contributed by atoms with Crippen LogP contribution in [0, 0.1) is 11.7 Å². The van der Waals surface area contributed by atoms with Gasteiger partial charge in [-0.15, -0.1) is 0 Å². The molecule has 0 bridgehead atoms. The van der Waals surface area contributed by atoms with Gasteiger partial charge in [0, 0.05) is 11.6 Å². The van der Waals surface area contributed by atoms with Crippen molar-refractivity contribution < 1.29 is 9.13 Å². The molecule has 1 N–H and O–H groups in total. The Labute approximate surface area is 95.8 Å². The number of nitrogens with one attached hydrogen (secondary N) is 1. The fourth-order valence-corrected chi connectivity index (χ4v) is 1.88. The lowest BCUT2D eigenvalue weighted by molar-refractivity contribution is 0.393. The fraction of sp³-hybridized carbons (Fsp3) is 0.538. The number of hydrogen-bond donors (Lipinski definition) is 1. The zero-order valence-corrected chi connectivity index (χ0v) is 9.79. The SMILES string of the molecule is COc1cccc(F)c1C(C)NCC1CC1. The van der Waals surface area contributed by atoms with Gasteiger partial charge >= 0.3 is 0 Å². The molecule has 16 heavy (non-hydrogen) atoms. The Morgan fingerprint density at radius 3 is 2.88 bits per heavy atom. The summed E-state index contributed by atoms with van der Waals surface area (Å²) in [4.78, 5) is 0. The predicted molar refractivity (Wildman–Crippen MR) is 62.1 cm³/mol. The Kier molecular flexibility index (Phi) is 3.44. The first-order valence-electron chi connectivity index (χ1n) is 5.78. The molecule has 1 unspecified atom stereocenters. The normalized spacial score (nSPS) is 17.2. The van der Waals surface area contributed by atoms with Crippen LogP contribution in [0.4, 0.5) is 4.39 Å². The summed E-state index contributed by atoms with van der Waals surface area (Å²) >= 11 is 0. The van der Waals surface area contributed by atoms with Gasteiger partial charge in [0.25, 0.3) is 0 Å². The van der Waals surface area contributed by atoms with E-state index in [0.29, 0.717) is 11.3 Å². The third-order valence-electron chi connectivity index (χ3n) is 3.08. The van der Waals surface area contributed by atoms with Crippen molar-refractivity contribution in [2.45, 2.75) is 25.8 Å². The summed E-state index contributed by atoms with van der Waals surface area (Å²) in [5, 5.41) is 3.36. The minimum Gasteiger partial charge on any atom is -0.496 e. The van der Waals surface area contributed by atoms with Crippen LogP contribution >= 0.6 is 0 Å². The van der Waals surface area contributed by atoms with Crippen molar-refractivity contribution >= 4 is 0 Å². The highest BCUT2D eigenvalue weighted by Gasteiger charge is 2.23. The highest BCUT2D eigenvalue weighted by atomic mass is 19.1. The molecule has 1 fully saturated rings. The van der Waals surface area contributed by atoms with Gasteiger partial charge in [0.2, 0.25) is 0 Å². The van der Waals surface area contributed by atoms with Crippen molar-refractivity contribution in [1.82, 2.24) is 5.32 Å². The van der Waals surface area contributed by atoms with E-state index >= 15 is 0 Å². The second kappa shape index (κ2) is 4.83. The largest absolute Gasteiger partial charge is 0.496 e. The van der Waals surface area contributed by atoms with E-state index in [9.17, 15) is 4.39 Å². The Bertz CT molecular complexity index is 363. The first-order valence-corrected chi connectivity index (χ1v) is 5.78. The fourth-order valence-electron chi connectivity index (χ4n) is 1.88. The topological polar surface area (TPSA) is 21.3 Å². The molecule has 1 aromatic carbocycles. The van der Waals surface area contributed by atoms with Crippen LogP contribution in [0.1, 0.15) is 31.4 Å². The maximum absolute atomic E-state index is 13.7. The Hall–Kier alpha value is -1.09. The van der Waals surface area contributed by atoms with Crippen LogP contribution in [-0.4, -0.2) is 13.7 Å². The smallest absolute Gasteiger partial charge is 0.131 e. The van der Waals surface area contributed by atoms with Crippen LogP contribution < -0.4 is 10.1 Å². The monoisotopic (exact) mass is 223 g/mol. The summed E-state index contributed by atoms with van der Waals surface area (Å²) < 4.78 is 18.9. The molecule has 0 heterocycles. The molecule has 0 spiro atoms. The van der Waals surface area contributed by atoms with Gasteiger partial charge in [-0.05, 0) is 44.4 Å². The zero-order valence-electron chi connectivity index (χ0n) is 9.79. The Morgan fingerprint density at radius 1 is 1.50 bits per heavy atom. The van der Waals surface area contributed by atoms with Crippen LogP contribution in [0.15, 0.2) is 18.2 Å². The molecule has 1 aliphatic rings. The molecule has 0 aliphatic heterocycles. The molecule has 0 amide bonds. The average Bonchev–Trinajstić information content (AvgIpc) is 3.09. The number of halogens is 1. The van der Waals surface area contributed by atoms with E-state index in [2.05, 4.69) is 5.32 Å². The van der Waals surface area contributed by atoms with Crippen LogP contribution in [-0.2, 0) is 0 Å². The van der Waals surface area contributed by atoms with Crippen LogP contribution in [0.2, 0.25) is 0 Å². The maximum atomic E-state index is 13.7. The highest BCUT2D eigenvalue weighted by Crippen LogP contribution is 2.31. The standard InChI is InChI=1S/C13H18FNO/c1-9(15-8-10-6-7-10)13-11(14)4-3-5-12(13)16-2/h3-5,9-10,15H,6-8H2,1-2H3. The summed E-state index contributed by atoms with van der Waals surface area (Å²) in [7, 11) is 1.58. The van der Waals surface area contributed by atoms with Gasteiger partial charge in [-0.25, -0.2) is 4.39 Å². The van der Waals surface area contributed by atoms with E-state index < -0.39 is 0 Å². The third kappa shape index (κ3) is 2.53. The summed E-state index contributed by atoms with van der Waals surface area (Å²) in [6, 6.07) is 4.95. The summed E-state index contributed by atoms with van der Waals surface area (Å²) in [5.74, 6) is 1.21. The number of ether oxygens (including phenoxy) is 1. The van der Waals surface area contributed by atoms with E-state index in [1.54, 1.807) is 19.2 Å². The summed E-state index contributed by atoms with van der Waals surface area (Å²) in [6.45, 7) is 2.95. The first-order chi connectivity index (χ1) is 7.72. The average molecular weight is 223 g/mol. The van der Waals surface area contributed by atoms with E-state index in [1.807, 2.05) is 6.92 Å². The Balaban J connectivity index is 2.09. The quantitative estimate of drug-likeness (QED) is 0.828. The highest BCUT2D eigenvalue weighted by molar-refractivity contribution is 5.36. The molecule has 88 valence electrons. The second-order valence-electron chi connectivity index (χ2n) is 4.43. The number of methoxy groups -OCH3 is 1. The molecule has 2 rings (SSSR count). The molecule has 1 atom stereocenters. The molecular formula is C13H18FNO. The lowest BCUT2D eigenvalue weighted by Gasteiger charge is -2.17. The van der Waals surface area contributed by atoms with Gasteiger partial charge in [-0.3, -0.25) is 0 Å². The predicted octanol–water partition coefficient (Wildman–Crippen LogP) is 2.89. The van der Waals surface area contributed by atoms with E-state index in [-0.39, 0.29) is 11.9 Å². The van der Waals surface area contributed by atoms with Crippen molar-refractivity contribution in [2.75, 3.05) is 13.7 Å². The van der Waals surface area contributed by atoms with Gasteiger partial charge in [-0.2, -0.15) is 0 Å². The van der Waals surface area contributed by atoms with E-state index in [0.717, 1.165) is 12.5 Å². The molecular weight excluding hydrogens is 205 g/mol. The minimum absolute atomic E-state index is 0.00301. The van der Waals surface area contributed by atoms with Crippen molar-refractivity contribution in [2.24, 2.45) is 5.92 Å². The van der Waals surface area contributed by atoms with Crippen LogP contribution in [0.3, 0.4) is 0 Å². The van der Waals surface area contributed by atoms with Crippen LogP contribution in [0.25, 0.3) is 0 Å². The lowest BCUT2D eigenvalue weighted by Crippen LogP contribution is -2.22. The molecule has 1 aliphatic carbocycles. The maximum Gasteiger partial charge on any atom is 0.131 e. The summed E-state index contributed by atoms with van der Waals surface area (Å²) in [5.41, 5.74) is 0.630. The van der Waals surface area contributed by atoms with Crippen molar-refractivity contribution in [1.29, 1.82) is 0 Å². The van der Waals surface area contributed by atoms with Gasteiger partial charge in [-0.1, -0.05) is 6.07 Å². The summed E-state index contributed by atoms with van der Waals surface area (Å²) in [6.07, 6.45) is 2.60. The molecule has 0 aromatic heterocycles. The van der Waals surface area contributed by atoms with Crippen LogP contribution in [0.5, 0.6) is 5.75 Å². The lowest BCUT2D eigenvalue weighted by atomic mass is 10.1. The zero-order chi connectivity index (χ0) is 11.5. The van der Waals surface area contributed by atoms with Crippen molar-refractivity contribution in [3.63, 3.8) is 0 Å². The molecule has 2 nitrogen and oxygen atoms in total. The molecule has 1 saturated carbocycles. The molecule has 3 heteroatoms. The number of benzene rings is 1. The van der Waals surface area contributed by atoms with Crippen molar-refractivity contribution in [3.05, 3.63) is 29.6 Å². The van der Waals surface area contributed by atoms with E-state index in [4.69, 9.17) is 4.74 Å². The second-order valence-corrected chi connectivity index (χ2v) is 4.43. The third-order valence-corrected chi connectivity index (χ3v) is 3.08. The number of hydrogen-bond acceptors (Lipinski definition) is 2. The first kappa shape index (κ1) is 11.4. The van der Waals surface area contributed by atoms with Gasteiger partial charge < -0.3 is 10.1 Å². The molecule has 0 saturated heterocycles. The van der Waals surface area contributed by atoms with Gasteiger partial charge in [0.1, 0.15) is 11.6 Å². The Morgan fingerprint density at radius 2 is 2.25 bits per heavy atom. The minimum atomic E-state index is -0.199. The van der Waals surface area contributed by atoms with Gasteiger partial charge in [0.15, 0.2) is 0 Å².